The van der Waals surface area contributed by atoms with Gasteiger partial charge in [-0.2, -0.15) is 5.26 Å². The summed E-state index contributed by atoms with van der Waals surface area (Å²) in [5.41, 5.74) is 1.91. The predicted molar refractivity (Wildman–Crippen MR) is 117 cm³/mol. The van der Waals surface area contributed by atoms with Crippen molar-refractivity contribution < 1.29 is 28.1 Å². The zero-order chi connectivity index (χ0) is 23.1. The maximum atomic E-state index is 13.1. The van der Waals surface area contributed by atoms with E-state index in [0.29, 0.717) is 33.9 Å². The molecule has 0 N–H and O–H groups in total. The van der Waals surface area contributed by atoms with Crippen LogP contribution in [0, 0.1) is 17.1 Å². The maximum absolute atomic E-state index is 13.1. The molecule has 0 heterocycles. The van der Waals surface area contributed by atoms with Gasteiger partial charge >= 0.3 is 5.97 Å². The highest BCUT2D eigenvalue weighted by Gasteiger charge is 2.14. The van der Waals surface area contributed by atoms with Crippen molar-refractivity contribution in [2.24, 2.45) is 0 Å². The average molecular weight is 433 g/mol. The number of rotatable bonds is 7. The van der Waals surface area contributed by atoms with Crippen molar-refractivity contribution >= 4 is 17.6 Å². The summed E-state index contributed by atoms with van der Waals surface area (Å²) in [6.45, 7) is 0. The van der Waals surface area contributed by atoms with Crippen molar-refractivity contribution in [3.05, 3.63) is 83.2 Å². The number of halogens is 1. The molecule has 3 aromatic rings. The number of nitrogens with zero attached hydrogens (tertiary/aromatic N) is 1. The van der Waals surface area contributed by atoms with E-state index in [-0.39, 0.29) is 11.3 Å². The number of methoxy groups -OCH3 is 3. The maximum Gasteiger partial charge on any atom is 0.343 e. The van der Waals surface area contributed by atoms with E-state index >= 15 is 0 Å². The molecule has 0 saturated heterocycles. The Balaban J connectivity index is 1.88. The van der Waals surface area contributed by atoms with E-state index < -0.39 is 11.8 Å². The van der Waals surface area contributed by atoms with Gasteiger partial charge in [0.15, 0.2) is 23.0 Å². The van der Waals surface area contributed by atoms with Gasteiger partial charge in [0.2, 0.25) is 0 Å². The zero-order valence-electron chi connectivity index (χ0n) is 17.7. The van der Waals surface area contributed by atoms with Gasteiger partial charge in [-0.1, -0.05) is 6.07 Å². The second kappa shape index (κ2) is 10.1. The summed E-state index contributed by atoms with van der Waals surface area (Å²) in [5.74, 6) is 0.476. The SMILES string of the molecule is COc1ccc(/C(C#N)=C\c2ccc(OC(=O)c3ccc(F)cc3)c(OC)c2)cc1OC. The number of esters is 1. The van der Waals surface area contributed by atoms with Gasteiger partial charge < -0.3 is 18.9 Å². The molecule has 0 saturated carbocycles. The Hall–Kier alpha value is -4.31. The quantitative estimate of drug-likeness (QED) is 0.222. The van der Waals surface area contributed by atoms with Crippen molar-refractivity contribution in [2.45, 2.75) is 0 Å². The van der Waals surface area contributed by atoms with E-state index in [9.17, 15) is 14.4 Å². The molecule has 3 rings (SSSR count). The van der Waals surface area contributed by atoms with E-state index in [4.69, 9.17) is 18.9 Å². The lowest BCUT2D eigenvalue weighted by atomic mass is 10.0. The van der Waals surface area contributed by atoms with Gasteiger partial charge in [0.25, 0.3) is 0 Å². The Labute approximate surface area is 185 Å². The first-order valence-corrected chi connectivity index (χ1v) is 9.49. The van der Waals surface area contributed by atoms with E-state index in [1.54, 1.807) is 42.5 Å². The molecule has 0 aromatic heterocycles. The van der Waals surface area contributed by atoms with Crippen molar-refractivity contribution in [3.63, 3.8) is 0 Å². The number of carbonyl (C=O) groups is 1. The molecule has 0 radical (unpaired) electrons. The van der Waals surface area contributed by atoms with Crippen molar-refractivity contribution in [1.82, 2.24) is 0 Å². The third kappa shape index (κ3) is 5.05. The number of carbonyl (C=O) groups excluding carboxylic acids is 1. The third-order valence-electron chi connectivity index (χ3n) is 4.60. The second-order valence-corrected chi connectivity index (χ2v) is 6.55. The monoisotopic (exact) mass is 433 g/mol. The Morgan fingerprint density at radius 3 is 2.03 bits per heavy atom. The van der Waals surface area contributed by atoms with E-state index in [1.807, 2.05) is 0 Å². The standard InChI is InChI=1S/C25H20FNO5/c1-29-21-11-7-18(14-24(21)31-3)19(15-27)12-16-4-10-22(23(13-16)30-2)32-25(28)17-5-8-20(26)9-6-17/h4-14H,1-3H3/b19-12-. The Kier molecular flexibility index (Phi) is 7.09. The van der Waals surface area contributed by atoms with Crippen LogP contribution in [0.25, 0.3) is 11.6 Å². The van der Waals surface area contributed by atoms with Crippen LogP contribution in [0.5, 0.6) is 23.0 Å². The van der Waals surface area contributed by atoms with Crippen LogP contribution in [0.4, 0.5) is 4.39 Å². The summed E-state index contributed by atoms with van der Waals surface area (Å²) in [7, 11) is 4.50. The van der Waals surface area contributed by atoms with Crippen LogP contribution < -0.4 is 18.9 Å². The largest absolute Gasteiger partial charge is 0.493 e. The number of ether oxygens (including phenoxy) is 4. The topological polar surface area (TPSA) is 77.8 Å². The third-order valence-corrected chi connectivity index (χ3v) is 4.60. The zero-order valence-corrected chi connectivity index (χ0v) is 17.7. The Bertz CT molecular complexity index is 1200. The molecule has 0 aliphatic rings. The molecule has 0 spiro atoms. The molecule has 0 amide bonds. The van der Waals surface area contributed by atoms with Gasteiger partial charge in [0.1, 0.15) is 5.82 Å². The summed E-state index contributed by atoms with van der Waals surface area (Å²) in [6.07, 6.45) is 1.68. The van der Waals surface area contributed by atoms with Crippen molar-refractivity contribution in [3.8, 4) is 29.1 Å². The highest BCUT2D eigenvalue weighted by molar-refractivity contribution is 5.92. The molecule has 0 atom stereocenters. The molecule has 0 bridgehead atoms. The summed E-state index contributed by atoms with van der Waals surface area (Å²) in [5, 5.41) is 9.66. The fraction of sp³-hybridized carbons (Fsp3) is 0.120. The van der Waals surface area contributed by atoms with Crippen LogP contribution in [-0.4, -0.2) is 27.3 Å². The van der Waals surface area contributed by atoms with Crippen LogP contribution in [0.1, 0.15) is 21.5 Å². The van der Waals surface area contributed by atoms with E-state index in [0.717, 1.165) is 0 Å². The lowest BCUT2D eigenvalue weighted by Crippen LogP contribution is -2.09. The fourth-order valence-electron chi connectivity index (χ4n) is 2.95. The summed E-state index contributed by atoms with van der Waals surface area (Å²) >= 11 is 0. The van der Waals surface area contributed by atoms with Crippen LogP contribution in [0.3, 0.4) is 0 Å². The summed E-state index contributed by atoms with van der Waals surface area (Å²) < 4.78 is 34.3. The highest BCUT2D eigenvalue weighted by Crippen LogP contribution is 2.33. The number of hydrogen-bond acceptors (Lipinski definition) is 6. The number of hydrogen-bond donors (Lipinski definition) is 0. The molecule has 162 valence electrons. The number of benzene rings is 3. The molecule has 6 nitrogen and oxygen atoms in total. The first kappa shape index (κ1) is 22.4. The minimum absolute atomic E-state index is 0.198. The minimum atomic E-state index is -0.644. The lowest BCUT2D eigenvalue weighted by molar-refractivity contribution is 0.0729. The molecule has 3 aromatic carbocycles. The average Bonchev–Trinajstić information content (AvgIpc) is 2.83. The van der Waals surface area contributed by atoms with Crippen LogP contribution >= 0.6 is 0 Å². The van der Waals surface area contributed by atoms with E-state index in [2.05, 4.69) is 6.07 Å². The molecule has 0 fully saturated rings. The molecular formula is C25H20FNO5. The molecule has 7 heteroatoms. The van der Waals surface area contributed by atoms with E-state index in [1.165, 1.54) is 45.6 Å². The number of nitriles is 1. The van der Waals surface area contributed by atoms with Gasteiger partial charge in [-0.25, -0.2) is 9.18 Å². The van der Waals surface area contributed by atoms with Gasteiger partial charge in [-0.3, -0.25) is 0 Å². The molecule has 32 heavy (non-hydrogen) atoms. The number of allylic oxidation sites excluding steroid dienone is 1. The molecular weight excluding hydrogens is 413 g/mol. The van der Waals surface area contributed by atoms with Crippen molar-refractivity contribution in [2.75, 3.05) is 21.3 Å². The van der Waals surface area contributed by atoms with Gasteiger partial charge in [0.05, 0.1) is 38.5 Å². The molecule has 0 aliphatic heterocycles. The van der Waals surface area contributed by atoms with Crippen LogP contribution in [-0.2, 0) is 0 Å². The predicted octanol–water partition coefficient (Wildman–Crippen LogP) is 5.13. The van der Waals surface area contributed by atoms with Gasteiger partial charge in [0, 0.05) is 0 Å². The van der Waals surface area contributed by atoms with Crippen LogP contribution in [0.15, 0.2) is 60.7 Å². The minimum Gasteiger partial charge on any atom is -0.493 e. The Morgan fingerprint density at radius 2 is 1.41 bits per heavy atom. The first-order chi connectivity index (χ1) is 15.5. The van der Waals surface area contributed by atoms with Gasteiger partial charge in [-0.15, -0.1) is 0 Å². The Morgan fingerprint density at radius 1 is 0.812 bits per heavy atom. The molecule has 0 aliphatic carbocycles. The first-order valence-electron chi connectivity index (χ1n) is 9.49. The normalized spacial score (nSPS) is 10.8. The van der Waals surface area contributed by atoms with Crippen LogP contribution in [0.2, 0.25) is 0 Å². The van der Waals surface area contributed by atoms with Crippen molar-refractivity contribution in [1.29, 1.82) is 5.26 Å². The fourth-order valence-corrected chi connectivity index (χ4v) is 2.95. The highest BCUT2D eigenvalue weighted by atomic mass is 19.1. The smallest absolute Gasteiger partial charge is 0.343 e. The summed E-state index contributed by atoms with van der Waals surface area (Å²) in [6, 6.07) is 17.3. The summed E-state index contributed by atoms with van der Waals surface area (Å²) in [4.78, 5) is 12.3. The van der Waals surface area contributed by atoms with Gasteiger partial charge in [-0.05, 0) is 71.8 Å². The lowest BCUT2D eigenvalue weighted by Gasteiger charge is -2.11. The second-order valence-electron chi connectivity index (χ2n) is 6.55. The molecule has 0 unspecified atom stereocenters.